The molecule has 98 valence electrons. The Morgan fingerprint density at radius 1 is 1.44 bits per heavy atom. The summed E-state index contributed by atoms with van der Waals surface area (Å²) >= 11 is 5.94. The zero-order valence-electron chi connectivity index (χ0n) is 10.1. The summed E-state index contributed by atoms with van der Waals surface area (Å²) in [5.74, 6) is 0.332. The predicted molar refractivity (Wildman–Crippen MR) is 71.8 cm³/mol. The van der Waals surface area contributed by atoms with Gasteiger partial charge in [0.25, 0.3) is 5.91 Å². The fourth-order valence-corrected chi connectivity index (χ4v) is 2.29. The van der Waals surface area contributed by atoms with Crippen LogP contribution in [0.1, 0.15) is 25.7 Å². The summed E-state index contributed by atoms with van der Waals surface area (Å²) in [7, 11) is 0. The Balaban J connectivity index is 1.83. The zero-order chi connectivity index (χ0) is 13.0. The summed E-state index contributed by atoms with van der Waals surface area (Å²) in [5.41, 5.74) is 6.19. The third kappa shape index (κ3) is 3.53. The van der Waals surface area contributed by atoms with E-state index in [4.69, 9.17) is 22.1 Å². The van der Waals surface area contributed by atoms with Gasteiger partial charge < -0.3 is 15.8 Å². The molecule has 1 fully saturated rings. The SMILES string of the molecule is Nc1ccc(Cl)c(OCC(=O)NC2CCCC2)c1. The van der Waals surface area contributed by atoms with Crippen molar-refractivity contribution in [1.29, 1.82) is 0 Å². The second-order valence-corrected chi connectivity index (χ2v) is 4.93. The Bertz CT molecular complexity index is 431. The van der Waals surface area contributed by atoms with Crippen molar-refractivity contribution in [2.24, 2.45) is 0 Å². The van der Waals surface area contributed by atoms with Gasteiger partial charge in [-0.3, -0.25) is 4.79 Å². The lowest BCUT2D eigenvalue weighted by Crippen LogP contribution is -2.36. The molecule has 0 atom stereocenters. The first-order valence-corrected chi connectivity index (χ1v) is 6.50. The van der Waals surface area contributed by atoms with E-state index < -0.39 is 0 Å². The summed E-state index contributed by atoms with van der Waals surface area (Å²) in [4.78, 5) is 11.7. The van der Waals surface area contributed by atoms with Gasteiger partial charge in [-0.15, -0.1) is 0 Å². The molecule has 1 aromatic carbocycles. The van der Waals surface area contributed by atoms with Gasteiger partial charge in [-0.05, 0) is 25.0 Å². The normalized spacial score (nSPS) is 15.6. The van der Waals surface area contributed by atoms with Crippen molar-refractivity contribution < 1.29 is 9.53 Å². The lowest BCUT2D eigenvalue weighted by Gasteiger charge is -2.13. The number of hydrogen-bond acceptors (Lipinski definition) is 3. The van der Waals surface area contributed by atoms with Crippen LogP contribution in [0.5, 0.6) is 5.75 Å². The number of anilines is 1. The van der Waals surface area contributed by atoms with Crippen molar-refractivity contribution in [2.45, 2.75) is 31.7 Å². The number of carbonyl (C=O) groups excluding carboxylic acids is 1. The summed E-state index contributed by atoms with van der Waals surface area (Å²) in [5, 5.41) is 3.40. The molecule has 0 spiro atoms. The molecule has 5 heteroatoms. The first kappa shape index (κ1) is 13.0. The summed E-state index contributed by atoms with van der Waals surface area (Å²) in [6.07, 6.45) is 4.50. The van der Waals surface area contributed by atoms with Crippen molar-refractivity contribution in [2.75, 3.05) is 12.3 Å². The smallest absolute Gasteiger partial charge is 0.258 e. The van der Waals surface area contributed by atoms with Gasteiger partial charge in [0.1, 0.15) is 5.75 Å². The highest BCUT2D eigenvalue weighted by Gasteiger charge is 2.17. The fraction of sp³-hybridized carbons (Fsp3) is 0.462. The molecule has 1 aromatic rings. The average molecular weight is 269 g/mol. The highest BCUT2D eigenvalue weighted by Crippen LogP contribution is 2.26. The van der Waals surface area contributed by atoms with Crippen LogP contribution in [0.25, 0.3) is 0 Å². The van der Waals surface area contributed by atoms with E-state index in [0.717, 1.165) is 12.8 Å². The van der Waals surface area contributed by atoms with E-state index >= 15 is 0 Å². The van der Waals surface area contributed by atoms with E-state index in [-0.39, 0.29) is 12.5 Å². The number of halogens is 1. The molecule has 1 aliphatic rings. The van der Waals surface area contributed by atoms with Gasteiger partial charge in [0.15, 0.2) is 6.61 Å². The van der Waals surface area contributed by atoms with Gasteiger partial charge in [-0.2, -0.15) is 0 Å². The Hall–Kier alpha value is -1.42. The number of nitrogens with one attached hydrogen (secondary N) is 1. The second kappa shape index (κ2) is 5.96. The van der Waals surface area contributed by atoms with Crippen LogP contribution in [0.4, 0.5) is 5.69 Å². The second-order valence-electron chi connectivity index (χ2n) is 4.53. The van der Waals surface area contributed by atoms with Crippen LogP contribution in [0.2, 0.25) is 5.02 Å². The number of nitrogen functional groups attached to an aromatic ring is 1. The van der Waals surface area contributed by atoms with Gasteiger partial charge in [-0.1, -0.05) is 24.4 Å². The van der Waals surface area contributed by atoms with Crippen molar-refractivity contribution in [3.8, 4) is 5.75 Å². The van der Waals surface area contributed by atoms with Crippen molar-refractivity contribution in [3.63, 3.8) is 0 Å². The Labute approximate surface area is 111 Å². The van der Waals surface area contributed by atoms with Crippen molar-refractivity contribution in [3.05, 3.63) is 23.2 Å². The van der Waals surface area contributed by atoms with E-state index in [1.807, 2.05) is 0 Å². The van der Waals surface area contributed by atoms with Crippen LogP contribution in [-0.2, 0) is 4.79 Å². The number of carbonyl (C=O) groups is 1. The first-order valence-electron chi connectivity index (χ1n) is 6.12. The summed E-state index contributed by atoms with van der Waals surface area (Å²) < 4.78 is 5.37. The largest absolute Gasteiger partial charge is 0.482 e. The van der Waals surface area contributed by atoms with Crippen LogP contribution in [0, 0.1) is 0 Å². The molecule has 0 bridgehead atoms. The first-order chi connectivity index (χ1) is 8.65. The van der Waals surface area contributed by atoms with E-state index in [1.165, 1.54) is 12.8 Å². The third-order valence-corrected chi connectivity index (χ3v) is 3.35. The maximum atomic E-state index is 11.7. The molecule has 1 saturated carbocycles. The molecule has 1 amide bonds. The molecule has 0 radical (unpaired) electrons. The van der Waals surface area contributed by atoms with Crippen molar-refractivity contribution in [1.82, 2.24) is 5.32 Å². The lowest BCUT2D eigenvalue weighted by molar-refractivity contribution is -0.123. The Morgan fingerprint density at radius 2 is 2.17 bits per heavy atom. The Kier molecular flexibility index (Phi) is 4.31. The molecule has 0 aliphatic heterocycles. The highest BCUT2D eigenvalue weighted by atomic mass is 35.5. The molecular weight excluding hydrogens is 252 g/mol. The summed E-state index contributed by atoms with van der Waals surface area (Å²) in [6, 6.07) is 5.26. The molecule has 2 rings (SSSR count). The number of benzene rings is 1. The van der Waals surface area contributed by atoms with E-state index in [0.29, 0.717) is 22.5 Å². The maximum Gasteiger partial charge on any atom is 0.258 e. The van der Waals surface area contributed by atoms with Crippen molar-refractivity contribution >= 4 is 23.2 Å². The zero-order valence-corrected chi connectivity index (χ0v) is 10.9. The van der Waals surface area contributed by atoms with Gasteiger partial charge in [0.05, 0.1) is 5.02 Å². The number of rotatable bonds is 4. The number of amides is 1. The van der Waals surface area contributed by atoms with Crippen LogP contribution in [0.15, 0.2) is 18.2 Å². The molecule has 3 N–H and O–H groups in total. The Morgan fingerprint density at radius 3 is 2.89 bits per heavy atom. The minimum Gasteiger partial charge on any atom is -0.482 e. The molecule has 0 aromatic heterocycles. The summed E-state index contributed by atoms with van der Waals surface area (Å²) in [6.45, 7) is -0.0281. The van der Waals surface area contributed by atoms with Gasteiger partial charge >= 0.3 is 0 Å². The molecule has 1 aliphatic carbocycles. The minimum atomic E-state index is -0.111. The van der Waals surface area contributed by atoms with Gasteiger partial charge in [-0.25, -0.2) is 0 Å². The van der Waals surface area contributed by atoms with E-state index in [9.17, 15) is 4.79 Å². The molecule has 4 nitrogen and oxygen atoms in total. The predicted octanol–water partition coefficient (Wildman–Crippen LogP) is 2.36. The lowest BCUT2D eigenvalue weighted by atomic mass is 10.2. The quantitative estimate of drug-likeness (QED) is 0.824. The standard InChI is InChI=1S/C13H17ClN2O2/c14-11-6-5-9(15)7-12(11)18-8-13(17)16-10-3-1-2-4-10/h5-7,10H,1-4,8,15H2,(H,16,17). The monoisotopic (exact) mass is 268 g/mol. The molecule has 0 unspecified atom stereocenters. The average Bonchev–Trinajstić information content (AvgIpc) is 2.83. The number of ether oxygens (including phenoxy) is 1. The van der Waals surface area contributed by atoms with Crippen LogP contribution in [-0.4, -0.2) is 18.6 Å². The fourth-order valence-electron chi connectivity index (χ4n) is 2.11. The van der Waals surface area contributed by atoms with Gasteiger partial charge in [0.2, 0.25) is 0 Å². The molecule has 18 heavy (non-hydrogen) atoms. The van der Waals surface area contributed by atoms with E-state index in [2.05, 4.69) is 5.32 Å². The van der Waals surface area contributed by atoms with Crippen LogP contribution >= 0.6 is 11.6 Å². The number of nitrogens with two attached hydrogens (primary N) is 1. The topological polar surface area (TPSA) is 64.3 Å². The van der Waals surface area contributed by atoms with E-state index in [1.54, 1.807) is 18.2 Å². The third-order valence-electron chi connectivity index (χ3n) is 3.03. The number of hydrogen-bond donors (Lipinski definition) is 2. The van der Waals surface area contributed by atoms with Gasteiger partial charge in [0, 0.05) is 17.8 Å². The van der Waals surface area contributed by atoms with Crippen LogP contribution < -0.4 is 15.8 Å². The highest BCUT2D eigenvalue weighted by molar-refractivity contribution is 6.32. The van der Waals surface area contributed by atoms with Crippen LogP contribution in [0.3, 0.4) is 0 Å². The molecular formula is C13H17ClN2O2. The molecule has 0 heterocycles. The minimum absolute atomic E-state index is 0.0281. The maximum absolute atomic E-state index is 11.7. The molecule has 0 saturated heterocycles.